The molecule has 0 bridgehead atoms. The molecule has 0 saturated carbocycles. The Morgan fingerprint density at radius 2 is 2.32 bits per heavy atom. The molecule has 0 radical (unpaired) electrons. The Hall–Kier alpha value is -2.17. The zero-order valence-corrected chi connectivity index (χ0v) is 11.0. The molecule has 0 aliphatic carbocycles. The van der Waals surface area contributed by atoms with E-state index >= 15 is 0 Å². The van der Waals surface area contributed by atoms with Crippen LogP contribution in [0, 0.1) is 0 Å². The minimum Gasteiger partial charge on any atom is -0.465 e. The number of rotatable bonds is 7. The second-order valence-electron chi connectivity index (χ2n) is 3.91. The lowest BCUT2D eigenvalue weighted by Gasteiger charge is -2.20. The van der Waals surface area contributed by atoms with Crippen molar-refractivity contribution in [3.8, 4) is 0 Å². The predicted molar refractivity (Wildman–Crippen MR) is 71.4 cm³/mol. The molecule has 0 aliphatic heterocycles. The van der Waals surface area contributed by atoms with Crippen molar-refractivity contribution in [3.05, 3.63) is 42.7 Å². The van der Waals surface area contributed by atoms with Crippen molar-refractivity contribution in [2.45, 2.75) is 13.3 Å². The highest BCUT2D eigenvalue weighted by Crippen LogP contribution is 2.02. The van der Waals surface area contributed by atoms with E-state index in [0.29, 0.717) is 13.2 Å². The van der Waals surface area contributed by atoms with Gasteiger partial charge in [-0.25, -0.2) is 0 Å². The van der Waals surface area contributed by atoms with E-state index in [4.69, 9.17) is 4.74 Å². The Morgan fingerprint density at radius 3 is 2.89 bits per heavy atom. The number of hydrogen-bond donors (Lipinski definition) is 0. The second-order valence-corrected chi connectivity index (χ2v) is 3.91. The lowest BCUT2D eigenvalue weighted by molar-refractivity contribution is -0.148. The van der Waals surface area contributed by atoms with Gasteiger partial charge in [0.1, 0.15) is 6.54 Å². The largest absolute Gasteiger partial charge is 0.465 e. The van der Waals surface area contributed by atoms with Gasteiger partial charge in [0.25, 0.3) is 0 Å². The first kappa shape index (κ1) is 14.9. The van der Waals surface area contributed by atoms with Crippen LogP contribution in [0.5, 0.6) is 0 Å². The summed E-state index contributed by atoms with van der Waals surface area (Å²) in [6.45, 7) is 5.88. The Kier molecular flexibility index (Phi) is 6.29. The maximum Gasteiger partial charge on any atom is 0.325 e. The molecule has 102 valence electrons. The van der Waals surface area contributed by atoms with Crippen LogP contribution >= 0.6 is 0 Å². The minimum absolute atomic E-state index is 0.0566. The molecule has 0 unspecified atom stereocenters. The average molecular weight is 262 g/mol. The van der Waals surface area contributed by atoms with Crippen molar-refractivity contribution in [3.63, 3.8) is 0 Å². The molecular weight excluding hydrogens is 244 g/mol. The Balaban J connectivity index is 2.62. The zero-order valence-electron chi connectivity index (χ0n) is 11.0. The van der Waals surface area contributed by atoms with Gasteiger partial charge in [0, 0.05) is 18.9 Å². The normalized spacial score (nSPS) is 9.74. The summed E-state index contributed by atoms with van der Waals surface area (Å²) in [7, 11) is 0. The first-order valence-electron chi connectivity index (χ1n) is 6.10. The van der Waals surface area contributed by atoms with Gasteiger partial charge in [-0.15, -0.1) is 6.58 Å². The van der Waals surface area contributed by atoms with E-state index in [1.807, 2.05) is 6.07 Å². The van der Waals surface area contributed by atoms with Crippen LogP contribution in [-0.4, -0.2) is 41.5 Å². The molecule has 0 N–H and O–H groups in total. The van der Waals surface area contributed by atoms with Crippen LogP contribution in [-0.2, 0) is 20.7 Å². The van der Waals surface area contributed by atoms with Crippen molar-refractivity contribution in [1.82, 2.24) is 9.88 Å². The Labute approximate surface area is 112 Å². The monoisotopic (exact) mass is 262 g/mol. The number of hydrogen-bond acceptors (Lipinski definition) is 4. The van der Waals surface area contributed by atoms with Crippen LogP contribution in [0.25, 0.3) is 0 Å². The average Bonchev–Trinajstić information content (AvgIpc) is 2.39. The van der Waals surface area contributed by atoms with Crippen molar-refractivity contribution in [2.75, 3.05) is 19.7 Å². The maximum atomic E-state index is 12.1. The van der Waals surface area contributed by atoms with E-state index in [9.17, 15) is 9.59 Å². The van der Waals surface area contributed by atoms with Gasteiger partial charge >= 0.3 is 5.97 Å². The van der Waals surface area contributed by atoms with Gasteiger partial charge in [-0.1, -0.05) is 12.1 Å². The lowest BCUT2D eigenvalue weighted by Crippen LogP contribution is -2.37. The molecule has 0 fully saturated rings. The van der Waals surface area contributed by atoms with Gasteiger partial charge < -0.3 is 9.64 Å². The summed E-state index contributed by atoms with van der Waals surface area (Å²) in [5, 5.41) is 0. The molecule has 0 spiro atoms. The quantitative estimate of drug-likeness (QED) is 0.547. The number of ether oxygens (including phenoxy) is 1. The fraction of sp³-hybridized carbons (Fsp3) is 0.357. The first-order chi connectivity index (χ1) is 9.17. The van der Waals surface area contributed by atoms with Crippen LogP contribution in [0.1, 0.15) is 12.5 Å². The minimum atomic E-state index is -0.413. The van der Waals surface area contributed by atoms with Crippen molar-refractivity contribution >= 4 is 11.9 Å². The summed E-state index contributed by atoms with van der Waals surface area (Å²) in [5.41, 5.74) is 0.811. The third-order valence-electron chi connectivity index (χ3n) is 2.41. The molecule has 1 rings (SSSR count). The van der Waals surface area contributed by atoms with Crippen molar-refractivity contribution in [1.29, 1.82) is 0 Å². The van der Waals surface area contributed by atoms with Crippen LogP contribution in [0.15, 0.2) is 37.2 Å². The van der Waals surface area contributed by atoms with Crippen LogP contribution in [0.2, 0.25) is 0 Å². The molecule has 0 saturated heterocycles. The van der Waals surface area contributed by atoms with Gasteiger partial charge in [-0.05, 0) is 18.6 Å². The van der Waals surface area contributed by atoms with Gasteiger partial charge in [0.05, 0.1) is 13.0 Å². The summed E-state index contributed by atoms with van der Waals surface area (Å²) in [4.78, 5) is 28.9. The van der Waals surface area contributed by atoms with Crippen molar-refractivity contribution in [2.24, 2.45) is 0 Å². The van der Waals surface area contributed by atoms with E-state index in [2.05, 4.69) is 11.6 Å². The fourth-order valence-electron chi connectivity index (χ4n) is 1.56. The smallest absolute Gasteiger partial charge is 0.325 e. The highest BCUT2D eigenvalue weighted by Gasteiger charge is 2.16. The van der Waals surface area contributed by atoms with Gasteiger partial charge in [0.2, 0.25) is 5.91 Å². The first-order valence-corrected chi connectivity index (χ1v) is 6.10. The number of carbonyl (C=O) groups is 2. The van der Waals surface area contributed by atoms with E-state index < -0.39 is 5.97 Å². The fourth-order valence-corrected chi connectivity index (χ4v) is 1.56. The number of amides is 1. The number of aromatic nitrogens is 1. The van der Waals surface area contributed by atoms with Gasteiger partial charge in [-0.3, -0.25) is 14.6 Å². The number of esters is 1. The molecule has 19 heavy (non-hydrogen) atoms. The molecule has 0 aromatic carbocycles. The van der Waals surface area contributed by atoms with E-state index in [1.54, 1.807) is 31.5 Å². The molecule has 1 aromatic rings. The summed E-state index contributed by atoms with van der Waals surface area (Å²) < 4.78 is 4.84. The molecule has 1 amide bonds. The topological polar surface area (TPSA) is 59.5 Å². The lowest BCUT2D eigenvalue weighted by atomic mass is 10.2. The predicted octanol–water partition coefficient (Wildman–Crippen LogP) is 1.20. The SMILES string of the molecule is C=CCN(CC(=O)OCC)C(=O)Cc1cccnc1. The standard InChI is InChI=1S/C14H18N2O3/c1-3-8-16(11-14(18)19-4-2)13(17)9-12-6-5-7-15-10-12/h3,5-7,10H,1,4,8-9,11H2,2H3. The highest BCUT2D eigenvalue weighted by molar-refractivity contribution is 5.83. The van der Waals surface area contributed by atoms with Gasteiger partial charge in [-0.2, -0.15) is 0 Å². The zero-order chi connectivity index (χ0) is 14.1. The molecule has 0 aliphatic rings. The highest BCUT2D eigenvalue weighted by atomic mass is 16.5. The number of nitrogens with zero attached hydrogens (tertiary/aromatic N) is 2. The second kappa shape index (κ2) is 8.02. The van der Waals surface area contributed by atoms with Crippen molar-refractivity contribution < 1.29 is 14.3 Å². The maximum absolute atomic E-state index is 12.1. The molecule has 5 nitrogen and oxygen atoms in total. The number of pyridine rings is 1. The number of carbonyl (C=O) groups excluding carboxylic acids is 2. The van der Waals surface area contributed by atoms with E-state index in [0.717, 1.165) is 5.56 Å². The third kappa shape index (κ3) is 5.33. The summed E-state index contributed by atoms with van der Waals surface area (Å²) in [5.74, 6) is -0.565. The molecule has 5 heteroatoms. The summed E-state index contributed by atoms with van der Waals surface area (Å²) >= 11 is 0. The Bertz CT molecular complexity index is 432. The van der Waals surface area contributed by atoms with Crippen LogP contribution < -0.4 is 0 Å². The summed E-state index contributed by atoms with van der Waals surface area (Å²) in [6, 6.07) is 3.59. The Morgan fingerprint density at radius 1 is 1.53 bits per heavy atom. The van der Waals surface area contributed by atoms with Gasteiger partial charge in [0.15, 0.2) is 0 Å². The summed E-state index contributed by atoms with van der Waals surface area (Å²) in [6.07, 6.45) is 5.07. The van der Waals surface area contributed by atoms with Crippen LogP contribution in [0.3, 0.4) is 0 Å². The molecule has 1 aromatic heterocycles. The van der Waals surface area contributed by atoms with E-state index in [1.165, 1.54) is 4.90 Å². The molecule has 1 heterocycles. The molecular formula is C14H18N2O3. The van der Waals surface area contributed by atoms with Crippen LogP contribution in [0.4, 0.5) is 0 Å². The molecule has 0 atom stereocenters. The van der Waals surface area contributed by atoms with E-state index in [-0.39, 0.29) is 18.9 Å². The third-order valence-corrected chi connectivity index (χ3v) is 2.41.